The lowest BCUT2D eigenvalue weighted by Crippen LogP contribution is -2.67. The summed E-state index contributed by atoms with van der Waals surface area (Å²) in [5.41, 5.74) is 0. The normalized spacial score (nSPS) is 12.6. The summed E-state index contributed by atoms with van der Waals surface area (Å²) in [5, 5.41) is 0. The molecule has 0 spiro atoms. The molecule has 0 heterocycles. The molecule has 0 saturated heterocycles. The van der Waals surface area contributed by atoms with E-state index in [2.05, 4.69) is 17.5 Å². The number of rotatable bonds is 14. The summed E-state index contributed by atoms with van der Waals surface area (Å²) >= 11 is 0. The Bertz CT molecular complexity index is 317. The van der Waals surface area contributed by atoms with Gasteiger partial charge in [-0.1, -0.05) is 0 Å². The molecule has 0 atom stereocenters. The molecule has 0 unspecified atom stereocenters. The van der Waals surface area contributed by atoms with Gasteiger partial charge >= 0.3 is 26.2 Å². The Morgan fingerprint density at radius 3 is 1.38 bits per heavy atom. The number of hydrogen-bond donors (Lipinski definition) is 0. The SMILES string of the molecule is CCO[SiH2]O[SiH2]OC(C)=O.CCO[Si](C)(OCC)[Si](C)(OCC)OCC. The first-order chi connectivity index (χ1) is 12.3. The van der Waals surface area contributed by atoms with Crippen LogP contribution in [-0.4, -0.2) is 75.2 Å². The molecule has 0 aliphatic carbocycles. The Morgan fingerprint density at radius 2 is 1.12 bits per heavy atom. The Labute approximate surface area is 165 Å². The van der Waals surface area contributed by atoms with E-state index in [4.69, 9.17) is 26.2 Å². The molecule has 0 amide bonds. The number of carbonyl (C=O) groups is 1. The van der Waals surface area contributed by atoms with Crippen LogP contribution in [0.5, 0.6) is 0 Å². The molecule has 0 N–H and O–H groups in total. The van der Waals surface area contributed by atoms with Crippen molar-refractivity contribution < 1.29 is 35.5 Å². The summed E-state index contributed by atoms with van der Waals surface area (Å²) in [6.07, 6.45) is 0. The van der Waals surface area contributed by atoms with Gasteiger partial charge in [0.15, 0.2) is 0 Å². The fourth-order valence-electron chi connectivity index (χ4n) is 2.01. The Hall–Kier alpha value is 0.0975. The molecular weight excluding hydrogens is 408 g/mol. The van der Waals surface area contributed by atoms with E-state index in [0.717, 1.165) is 0 Å². The third-order valence-electron chi connectivity index (χ3n) is 3.22. The van der Waals surface area contributed by atoms with Gasteiger partial charge in [0, 0.05) is 40.0 Å². The van der Waals surface area contributed by atoms with E-state index in [1.165, 1.54) is 6.92 Å². The molecule has 8 nitrogen and oxygen atoms in total. The minimum Gasteiger partial charge on any atom is -0.500 e. The molecule has 0 bridgehead atoms. The lowest BCUT2D eigenvalue weighted by atomic mass is 10.9. The van der Waals surface area contributed by atoms with Crippen molar-refractivity contribution in [2.75, 3.05) is 33.0 Å². The zero-order valence-corrected chi connectivity index (χ0v) is 22.5. The summed E-state index contributed by atoms with van der Waals surface area (Å²) < 4.78 is 38.1. The second-order valence-corrected chi connectivity index (χ2v) is 18.4. The number of carbonyl (C=O) groups excluding carboxylic acids is 1. The zero-order chi connectivity index (χ0) is 20.5. The lowest BCUT2D eigenvalue weighted by molar-refractivity contribution is -0.132. The summed E-state index contributed by atoms with van der Waals surface area (Å²) in [7, 11) is -6.62. The highest BCUT2D eigenvalue weighted by Crippen LogP contribution is 2.24. The molecule has 0 saturated carbocycles. The first-order valence-electron chi connectivity index (χ1n) is 9.11. The van der Waals surface area contributed by atoms with Crippen molar-refractivity contribution in [1.29, 1.82) is 0 Å². The fourth-order valence-corrected chi connectivity index (χ4v) is 11.7. The van der Waals surface area contributed by atoms with Crippen molar-refractivity contribution in [3.63, 3.8) is 0 Å². The minimum atomic E-state index is -2.35. The molecule has 158 valence electrons. The van der Waals surface area contributed by atoms with Gasteiger partial charge in [-0.15, -0.1) is 0 Å². The third kappa shape index (κ3) is 12.5. The van der Waals surface area contributed by atoms with Gasteiger partial charge in [-0.25, -0.2) is 0 Å². The van der Waals surface area contributed by atoms with Gasteiger partial charge in [0.05, 0.1) is 0 Å². The molecule has 26 heavy (non-hydrogen) atoms. The predicted octanol–water partition coefficient (Wildman–Crippen LogP) is 0.955. The fraction of sp³-hybridized carbons (Fsp3) is 0.929. The Balaban J connectivity index is 0. The van der Waals surface area contributed by atoms with Crippen LogP contribution in [-0.2, 0) is 35.5 Å². The van der Waals surface area contributed by atoms with Gasteiger partial charge in [0.1, 0.15) is 0 Å². The van der Waals surface area contributed by atoms with Gasteiger partial charge in [-0.3, -0.25) is 4.79 Å². The van der Waals surface area contributed by atoms with Crippen LogP contribution in [0, 0.1) is 0 Å². The van der Waals surface area contributed by atoms with Crippen molar-refractivity contribution in [2.24, 2.45) is 0 Å². The molecule has 0 aliphatic rings. The van der Waals surface area contributed by atoms with E-state index in [9.17, 15) is 4.79 Å². The van der Waals surface area contributed by atoms with Gasteiger partial charge in [0.25, 0.3) is 16.0 Å². The van der Waals surface area contributed by atoms with Gasteiger partial charge in [-0.05, 0) is 47.7 Å². The smallest absolute Gasteiger partial charge is 0.381 e. The summed E-state index contributed by atoms with van der Waals surface area (Å²) in [6, 6.07) is 0. The van der Waals surface area contributed by atoms with Crippen molar-refractivity contribution >= 4 is 42.1 Å². The van der Waals surface area contributed by atoms with Crippen LogP contribution in [0.3, 0.4) is 0 Å². The van der Waals surface area contributed by atoms with Crippen molar-refractivity contribution in [3.8, 4) is 0 Å². The van der Waals surface area contributed by atoms with Crippen LogP contribution < -0.4 is 0 Å². The van der Waals surface area contributed by atoms with E-state index < -0.39 is 36.2 Å². The molecular formula is C14H38O8Si4. The maximum atomic E-state index is 10.2. The average Bonchev–Trinajstić information content (AvgIpc) is 2.56. The highest BCUT2D eigenvalue weighted by molar-refractivity contribution is 7.31. The van der Waals surface area contributed by atoms with Crippen LogP contribution >= 0.6 is 0 Å². The first-order valence-corrected chi connectivity index (χ1v) is 17.1. The summed E-state index contributed by atoms with van der Waals surface area (Å²) in [4.78, 5) is 10.2. The highest BCUT2D eigenvalue weighted by atomic mass is 29.3. The van der Waals surface area contributed by atoms with Gasteiger partial charge in [0.2, 0.25) is 0 Å². The molecule has 0 radical (unpaired) electrons. The zero-order valence-electron chi connectivity index (χ0n) is 17.7. The molecule has 0 aromatic rings. The standard InChI is InChI=1S/C10H26O4Si2.C4H12O4Si2/c1-7-11-15(5,12-8-2)16(6,13-9-3)14-10-4;1-3-6-9-8-10-7-4(2)5/h7-10H2,1-6H3;3,9-10H2,1-2H3. The molecule has 0 aromatic carbocycles. The molecule has 12 heteroatoms. The lowest BCUT2D eigenvalue weighted by Gasteiger charge is -2.38. The average molecular weight is 447 g/mol. The van der Waals surface area contributed by atoms with Crippen LogP contribution in [0.25, 0.3) is 0 Å². The van der Waals surface area contributed by atoms with Crippen LogP contribution in [0.2, 0.25) is 13.1 Å². The van der Waals surface area contributed by atoms with E-state index in [-0.39, 0.29) is 5.97 Å². The quantitative estimate of drug-likeness (QED) is 0.288. The van der Waals surface area contributed by atoms with Gasteiger partial charge < -0.3 is 30.7 Å². The van der Waals surface area contributed by atoms with Crippen LogP contribution in [0.1, 0.15) is 41.5 Å². The third-order valence-corrected chi connectivity index (χ3v) is 17.3. The molecule has 0 rings (SSSR count). The summed E-state index contributed by atoms with van der Waals surface area (Å²) in [5.74, 6) is -0.267. The second kappa shape index (κ2) is 17.2. The van der Waals surface area contributed by atoms with E-state index >= 15 is 0 Å². The largest absolute Gasteiger partial charge is 0.500 e. The van der Waals surface area contributed by atoms with Crippen molar-refractivity contribution in [1.82, 2.24) is 0 Å². The topological polar surface area (TPSA) is 81.7 Å². The van der Waals surface area contributed by atoms with Gasteiger partial charge in [-0.2, -0.15) is 0 Å². The predicted molar refractivity (Wildman–Crippen MR) is 111 cm³/mol. The minimum absolute atomic E-state index is 0.267. The van der Waals surface area contributed by atoms with E-state index in [1.54, 1.807) is 0 Å². The summed E-state index contributed by atoms with van der Waals surface area (Å²) in [6.45, 7) is 18.6. The van der Waals surface area contributed by atoms with Crippen LogP contribution in [0.4, 0.5) is 0 Å². The maximum absolute atomic E-state index is 10.2. The Morgan fingerprint density at radius 1 is 0.731 bits per heavy atom. The monoisotopic (exact) mass is 446 g/mol. The Kier molecular flexibility index (Phi) is 18.7. The van der Waals surface area contributed by atoms with Crippen molar-refractivity contribution in [3.05, 3.63) is 0 Å². The van der Waals surface area contributed by atoms with Crippen LogP contribution in [0.15, 0.2) is 0 Å². The molecule has 0 aliphatic heterocycles. The number of hydrogen-bond acceptors (Lipinski definition) is 8. The van der Waals surface area contributed by atoms with Crippen molar-refractivity contribution in [2.45, 2.75) is 54.6 Å². The molecule has 0 fully saturated rings. The highest BCUT2D eigenvalue weighted by Gasteiger charge is 2.57. The second-order valence-electron chi connectivity index (χ2n) is 5.19. The molecule has 0 aromatic heterocycles. The van der Waals surface area contributed by atoms with E-state index in [0.29, 0.717) is 33.0 Å². The van der Waals surface area contributed by atoms with E-state index in [1.807, 2.05) is 34.6 Å². The first kappa shape index (κ1) is 28.3. The maximum Gasteiger partial charge on any atom is 0.381 e.